The molecule has 0 aliphatic heterocycles. The molecule has 4 heteroatoms. The average molecular weight is 285 g/mol. The molecule has 112 valence electrons. The quantitative estimate of drug-likeness (QED) is 0.934. The third-order valence-electron chi connectivity index (χ3n) is 3.48. The van der Waals surface area contributed by atoms with Gasteiger partial charge >= 0.3 is 0 Å². The van der Waals surface area contributed by atoms with E-state index in [0.717, 1.165) is 12.0 Å². The minimum Gasteiger partial charge on any atom is -0.359 e. The van der Waals surface area contributed by atoms with E-state index in [1.165, 1.54) is 0 Å². The van der Waals surface area contributed by atoms with Crippen molar-refractivity contribution in [2.75, 3.05) is 5.32 Å². The first kappa shape index (κ1) is 15.3. The van der Waals surface area contributed by atoms with Crippen LogP contribution in [0.4, 0.5) is 5.82 Å². The molecular weight excluding hydrogens is 262 g/mol. The van der Waals surface area contributed by atoms with Crippen molar-refractivity contribution in [3.63, 3.8) is 0 Å². The van der Waals surface area contributed by atoms with Gasteiger partial charge in [0.15, 0.2) is 5.82 Å². The number of benzene rings is 1. The molecule has 1 aromatic heterocycles. The van der Waals surface area contributed by atoms with Crippen LogP contribution in [0.25, 0.3) is 0 Å². The number of rotatable bonds is 4. The molecule has 2 aromatic rings. The molecule has 0 spiro atoms. The van der Waals surface area contributed by atoms with E-state index in [4.69, 9.17) is 0 Å². The van der Waals surface area contributed by atoms with Crippen LogP contribution in [-0.4, -0.2) is 9.55 Å². The predicted molar refractivity (Wildman–Crippen MR) is 86.6 cm³/mol. The number of nitrogens with one attached hydrogen (secondary N) is 1. The molecule has 4 nitrogen and oxygen atoms in total. The van der Waals surface area contributed by atoms with Crippen molar-refractivity contribution in [2.45, 2.75) is 45.7 Å². The summed E-state index contributed by atoms with van der Waals surface area (Å²) in [6.07, 6.45) is 4.29. The lowest BCUT2D eigenvalue weighted by atomic mass is 10.0. The summed E-state index contributed by atoms with van der Waals surface area (Å²) in [6.45, 7) is 8.11. The Morgan fingerprint density at radius 2 is 1.90 bits per heavy atom. The summed E-state index contributed by atoms with van der Waals surface area (Å²) in [6, 6.07) is 10.2. The molecule has 0 radical (unpaired) electrons. The van der Waals surface area contributed by atoms with Gasteiger partial charge in [0.2, 0.25) is 0 Å². The summed E-state index contributed by atoms with van der Waals surface area (Å²) < 4.78 is 1.71. The van der Waals surface area contributed by atoms with Gasteiger partial charge in [-0.3, -0.25) is 4.79 Å². The molecule has 2 rings (SSSR count). The van der Waals surface area contributed by atoms with Gasteiger partial charge in [-0.05, 0) is 32.8 Å². The second-order valence-electron chi connectivity index (χ2n) is 6.14. The van der Waals surface area contributed by atoms with Gasteiger partial charge in [-0.1, -0.05) is 37.3 Å². The number of anilines is 1. The van der Waals surface area contributed by atoms with Crippen LogP contribution in [-0.2, 0) is 5.54 Å². The van der Waals surface area contributed by atoms with Crippen LogP contribution >= 0.6 is 0 Å². The topological polar surface area (TPSA) is 46.9 Å². The molecule has 0 aliphatic carbocycles. The molecule has 1 aromatic carbocycles. The van der Waals surface area contributed by atoms with Gasteiger partial charge in [-0.25, -0.2) is 4.98 Å². The van der Waals surface area contributed by atoms with E-state index >= 15 is 0 Å². The molecule has 0 aliphatic rings. The lowest BCUT2D eigenvalue weighted by Crippen LogP contribution is -2.35. The fourth-order valence-corrected chi connectivity index (χ4v) is 2.31. The molecule has 1 heterocycles. The van der Waals surface area contributed by atoms with Gasteiger partial charge < -0.3 is 9.88 Å². The number of hydrogen-bond donors (Lipinski definition) is 1. The van der Waals surface area contributed by atoms with E-state index in [0.29, 0.717) is 5.82 Å². The minimum atomic E-state index is -0.259. The van der Waals surface area contributed by atoms with E-state index < -0.39 is 0 Å². The Labute approximate surface area is 125 Å². The van der Waals surface area contributed by atoms with Crippen LogP contribution < -0.4 is 10.9 Å². The highest BCUT2D eigenvalue weighted by atomic mass is 16.1. The Kier molecular flexibility index (Phi) is 4.46. The van der Waals surface area contributed by atoms with Crippen LogP contribution in [0.1, 0.15) is 45.7 Å². The van der Waals surface area contributed by atoms with Crippen molar-refractivity contribution >= 4 is 5.82 Å². The molecule has 0 fully saturated rings. The van der Waals surface area contributed by atoms with Gasteiger partial charge in [-0.15, -0.1) is 0 Å². The highest BCUT2D eigenvalue weighted by Gasteiger charge is 2.18. The Hall–Kier alpha value is -2.10. The summed E-state index contributed by atoms with van der Waals surface area (Å²) in [5.74, 6) is 0.406. The van der Waals surface area contributed by atoms with Gasteiger partial charge in [0.25, 0.3) is 5.56 Å². The van der Waals surface area contributed by atoms with Crippen LogP contribution in [0.3, 0.4) is 0 Å². The van der Waals surface area contributed by atoms with Crippen LogP contribution in [0.2, 0.25) is 0 Å². The molecule has 1 unspecified atom stereocenters. The molecule has 1 N–H and O–H groups in total. The third kappa shape index (κ3) is 3.51. The summed E-state index contributed by atoms with van der Waals surface area (Å²) in [4.78, 5) is 16.8. The van der Waals surface area contributed by atoms with Gasteiger partial charge in [0, 0.05) is 17.9 Å². The lowest BCUT2D eigenvalue weighted by Gasteiger charge is -2.24. The van der Waals surface area contributed by atoms with E-state index in [-0.39, 0.29) is 17.1 Å². The molecule has 1 atom stereocenters. The lowest BCUT2D eigenvalue weighted by molar-refractivity contribution is 0.383. The van der Waals surface area contributed by atoms with Crippen molar-refractivity contribution in [3.05, 3.63) is 58.6 Å². The fourth-order valence-electron chi connectivity index (χ4n) is 2.31. The largest absolute Gasteiger partial charge is 0.359 e. The second kappa shape index (κ2) is 6.12. The molecular formula is C17H23N3O. The monoisotopic (exact) mass is 285 g/mol. The molecule has 0 saturated carbocycles. The van der Waals surface area contributed by atoms with E-state index in [1.807, 2.05) is 39.0 Å². The Morgan fingerprint density at radius 3 is 2.48 bits per heavy atom. The maximum atomic E-state index is 12.5. The number of nitrogens with zero attached hydrogens (tertiary/aromatic N) is 2. The molecule has 0 bridgehead atoms. The fraction of sp³-hybridized carbons (Fsp3) is 0.412. The zero-order valence-corrected chi connectivity index (χ0v) is 13.1. The standard InChI is InChI=1S/C17H23N3O/c1-5-14(13-9-7-6-8-10-13)19-15-16(21)20(12-11-18-15)17(2,3)4/h6-12,14H,5H2,1-4H3,(H,18,19). The second-order valence-corrected chi connectivity index (χ2v) is 6.14. The zero-order chi connectivity index (χ0) is 15.5. The first-order valence-corrected chi connectivity index (χ1v) is 7.33. The summed E-state index contributed by atoms with van der Waals surface area (Å²) in [7, 11) is 0. The average Bonchev–Trinajstić information content (AvgIpc) is 2.46. The smallest absolute Gasteiger partial charge is 0.293 e. The van der Waals surface area contributed by atoms with Crippen molar-refractivity contribution < 1.29 is 0 Å². The van der Waals surface area contributed by atoms with Crippen molar-refractivity contribution in [2.24, 2.45) is 0 Å². The Bertz CT molecular complexity index is 641. The minimum absolute atomic E-state index is 0.0839. The highest BCUT2D eigenvalue weighted by molar-refractivity contribution is 5.36. The van der Waals surface area contributed by atoms with Crippen LogP contribution in [0, 0.1) is 0 Å². The maximum absolute atomic E-state index is 12.5. The molecule has 0 amide bonds. The number of aromatic nitrogens is 2. The Balaban J connectivity index is 2.33. The van der Waals surface area contributed by atoms with Crippen molar-refractivity contribution in [1.82, 2.24) is 9.55 Å². The highest BCUT2D eigenvalue weighted by Crippen LogP contribution is 2.20. The number of hydrogen-bond acceptors (Lipinski definition) is 3. The molecule has 0 saturated heterocycles. The summed E-state index contributed by atoms with van der Waals surface area (Å²) in [5.41, 5.74) is 0.817. The van der Waals surface area contributed by atoms with Gasteiger partial charge in [0.05, 0.1) is 6.04 Å². The first-order valence-electron chi connectivity index (χ1n) is 7.33. The van der Waals surface area contributed by atoms with Crippen LogP contribution in [0.5, 0.6) is 0 Å². The Morgan fingerprint density at radius 1 is 1.24 bits per heavy atom. The predicted octanol–water partition coefficient (Wildman–Crippen LogP) is 3.56. The van der Waals surface area contributed by atoms with Crippen LogP contribution in [0.15, 0.2) is 47.5 Å². The molecule has 21 heavy (non-hydrogen) atoms. The van der Waals surface area contributed by atoms with E-state index in [1.54, 1.807) is 17.0 Å². The normalized spacial score (nSPS) is 13.0. The van der Waals surface area contributed by atoms with Crippen molar-refractivity contribution in [1.29, 1.82) is 0 Å². The third-order valence-corrected chi connectivity index (χ3v) is 3.48. The van der Waals surface area contributed by atoms with E-state index in [2.05, 4.69) is 29.4 Å². The first-order chi connectivity index (χ1) is 9.93. The SMILES string of the molecule is CCC(Nc1nccn(C(C)(C)C)c1=O)c1ccccc1. The van der Waals surface area contributed by atoms with E-state index in [9.17, 15) is 4.79 Å². The maximum Gasteiger partial charge on any atom is 0.293 e. The summed E-state index contributed by atoms with van der Waals surface area (Å²) >= 11 is 0. The van der Waals surface area contributed by atoms with Crippen molar-refractivity contribution in [3.8, 4) is 0 Å². The van der Waals surface area contributed by atoms with Gasteiger partial charge in [0.1, 0.15) is 0 Å². The summed E-state index contributed by atoms with van der Waals surface area (Å²) in [5, 5.41) is 3.28. The zero-order valence-electron chi connectivity index (χ0n) is 13.1. The van der Waals surface area contributed by atoms with Gasteiger partial charge in [-0.2, -0.15) is 0 Å².